The van der Waals surface area contributed by atoms with E-state index in [2.05, 4.69) is 5.92 Å². The maximum Gasteiger partial charge on any atom is 0.382 e. The summed E-state index contributed by atoms with van der Waals surface area (Å²) in [6.07, 6.45) is 0.655. The Bertz CT molecular complexity index is 367. The molecule has 0 bridgehead atoms. The third-order valence-corrected chi connectivity index (χ3v) is 1.95. The van der Waals surface area contributed by atoms with Gasteiger partial charge in [-0.25, -0.2) is 4.79 Å². The minimum Gasteiger partial charge on any atom is -0.472 e. The predicted octanol–water partition coefficient (Wildman–Crippen LogP) is 0.997. The second-order valence-electron chi connectivity index (χ2n) is 1.88. The molecule has 0 saturated heterocycles. The maximum absolute atomic E-state index is 10.3. The number of thiophene rings is 1. The summed E-state index contributed by atoms with van der Waals surface area (Å²) in [5.41, 5.74) is 0.439. The molecule has 0 aliphatic carbocycles. The maximum atomic E-state index is 10.3. The van der Waals surface area contributed by atoms with Crippen molar-refractivity contribution in [3.05, 3.63) is 21.9 Å². The molecule has 0 saturated carbocycles. The van der Waals surface area contributed by atoms with E-state index in [-0.39, 0.29) is 0 Å². The fourth-order valence-electron chi connectivity index (χ4n) is 0.624. The molecule has 12 heavy (non-hydrogen) atoms. The molecule has 0 radical (unpaired) electrons. The largest absolute Gasteiger partial charge is 0.472 e. The van der Waals surface area contributed by atoms with Crippen LogP contribution in [0, 0.1) is 11.8 Å². The smallest absolute Gasteiger partial charge is 0.382 e. The van der Waals surface area contributed by atoms with Crippen LogP contribution in [0.1, 0.15) is 15.2 Å². The Kier molecular flexibility index (Phi) is 2.62. The molecule has 0 aliphatic rings. The van der Waals surface area contributed by atoms with Gasteiger partial charge in [0.05, 0.1) is 4.88 Å². The zero-order valence-electron chi connectivity index (χ0n) is 5.90. The lowest BCUT2D eigenvalue weighted by molar-refractivity contribution is -0.130. The normalized spacial score (nSPS) is 8.33. The van der Waals surface area contributed by atoms with Gasteiger partial charge in [0.2, 0.25) is 0 Å². The molecular weight excluding hydrogens is 176 g/mol. The third kappa shape index (κ3) is 1.94. The molecule has 1 aromatic heterocycles. The summed E-state index contributed by atoms with van der Waals surface area (Å²) in [6, 6.07) is 1.60. The molecule has 0 aliphatic heterocycles. The van der Waals surface area contributed by atoms with Crippen molar-refractivity contribution in [2.75, 3.05) is 0 Å². The van der Waals surface area contributed by atoms with Gasteiger partial charge in [-0.05, 0) is 17.4 Å². The lowest BCUT2D eigenvalue weighted by atomic mass is 10.3. The van der Waals surface area contributed by atoms with Gasteiger partial charge in [0.1, 0.15) is 0 Å². The summed E-state index contributed by atoms with van der Waals surface area (Å²) in [7, 11) is 0. The van der Waals surface area contributed by atoms with Gasteiger partial charge in [-0.3, -0.25) is 4.79 Å². The average molecular weight is 180 g/mol. The first-order valence-corrected chi connectivity index (χ1v) is 3.89. The third-order valence-electron chi connectivity index (χ3n) is 1.11. The highest BCUT2D eigenvalue weighted by molar-refractivity contribution is 7.10. The molecule has 0 amide bonds. The van der Waals surface area contributed by atoms with Crippen molar-refractivity contribution in [2.45, 2.75) is 0 Å². The van der Waals surface area contributed by atoms with Gasteiger partial charge in [0.25, 0.3) is 0 Å². The lowest BCUT2D eigenvalue weighted by Crippen LogP contribution is -1.87. The quantitative estimate of drug-likeness (QED) is 0.518. The van der Waals surface area contributed by atoms with Crippen LogP contribution in [-0.4, -0.2) is 17.4 Å². The topological polar surface area (TPSA) is 54.4 Å². The average Bonchev–Trinajstić information content (AvgIpc) is 2.47. The van der Waals surface area contributed by atoms with Gasteiger partial charge in [0.15, 0.2) is 6.29 Å². The first-order valence-electron chi connectivity index (χ1n) is 3.01. The highest BCUT2D eigenvalue weighted by Crippen LogP contribution is 2.12. The van der Waals surface area contributed by atoms with E-state index >= 15 is 0 Å². The number of carboxylic acids is 1. The summed E-state index contributed by atoms with van der Waals surface area (Å²) in [5.74, 6) is 3.13. The van der Waals surface area contributed by atoms with Gasteiger partial charge in [-0.2, -0.15) is 0 Å². The molecular formula is C8H4O3S. The van der Waals surface area contributed by atoms with Gasteiger partial charge < -0.3 is 5.11 Å². The number of hydrogen-bond donors (Lipinski definition) is 1. The van der Waals surface area contributed by atoms with E-state index in [1.54, 1.807) is 11.4 Å². The monoisotopic (exact) mass is 180 g/mol. The fraction of sp³-hybridized carbons (Fsp3) is 0. The molecule has 60 valence electrons. The molecule has 0 fully saturated rings. The number of hydrogen-bond acceptors (Lipinski definition) is 3. The van der Waals surface area contributed by atoms with E-state index in [4.69, 9.17) is 5.11 Å². The zero-order valence-corrected chi connectivity index (χ0v) is 6.72. The van der Waals surface area contributed by atoms with Gasteiger partial charge in [0, 0.05) is 11.5 Å². The number of carbonyl (C=O) groups excluding carboxylic acids is 1. The number of aldehydes is 1. The molecule has 1 aromatic rings. The van der Waals surface area contributed by atoms with Crippen molar-refractivity contribution in [1.29, 1.82) is 0 Å². The van der Waals surface area contributed by atoms with Crippen LogP contribution < -0.4 is 0 Å². The SMILES string of the molecule is O=Cc1ccsc1C#CC(=O)O. The van der Waals surface area contributed by atoms with E-state index in [1.807, 2.05) is 5.92 Å². The summed E-state index contributed by atoms with van der Waals surface area (Å²) in [5, 5.41) is 9.91. The summed E-state index contributed by atoms with van der Waals surface area (Å²) in [4.78, 5) is 20.9. The van der Waals surface area contributed by atoms with E-state index in [1.165, 1.54) is 11.3 Å². The first kappa shape index (κ1) is 8.50. The van der Waals surface area contributed by atoms with Crippen LogP contribution >= 0.6 is 11.3 Å². The van der Waals surface area contributed by atoms with Crippen molar-refractivity contribution < 1.29 is 14.7 Å². The minimum absolute atomic E-state index is 0.439. The lowest BCUT2D eigenvalue weighted by Gasteiger charge is -1.80. The van der Waals surface area contributed by atoms with Crippen molar-refractivity contribution in [3.63, 3.8) is 0 Å². The van der Waals surface area contributed by atoms with E-state index < -0.39 is 5.97 Å². The van der Waals surface area contributed by atoms with Crippen LogP contribution in [0.3, 0.4) is 0 Å². The van der Waals surface area contributed by atoms with Crippen LogP contribution in [0.25, 0.3) is 0 Å². The molecule has 0 spiro atoms. The first-order chi connectivity index (χ1) is 5.74. The Hall–Kier alpha value is -1.60. The van der Waals surface area contributed by atoms with E-state index in [9.17, 15) is 9.59 Å². The number of aliphatic carboxylic acids is 1. The van der Waals surface area contributed by atoms with Gasteiger partial charge in [-0.1, -0.05) is 0 Å². The highest BCUT2D eigenvalue weighted by Gasteiger charge is 1.98. The minimum atomic E-state index is -1.19. The Morgan fingerprint density at radius 1 is 1.67 bits per heavy atom. The fourth-order valence-corrected chi connectivity index (χ4v) is 1.34. The van der Waals surface area contributed by atoms with Crippen molar-refractivity contribution in [2.24, 2.45) is 0 Å². The molecule has 0 unspecified atom stereocenters. The van der Waals surface area contributed by atoms with Crippen molar-refractivity contribution in [3.8, 4) is 11.8 Å². The predicted molar refractivity (Wildman–Crippen MR) is 44.2 cm³/mol. The Balaban J connectivity index is 2.98. The molecule has 3 nitrogen and oxygen atoms in total. The molecule has 0 aromatic carbocycles. The Labute approximate surface area is 72.6 Å². The number of carboxylic acid groups (broad SMARTS) is 1. The van der Waals surface area contributed by atoms with Crippen LogP contribution in [0.5, 0.6) is 0 Å². The summed E-state index contributed by atoms with van der Waals surface area (Å²) in [6.45, 7) is 0. The molecule has 1 heterocycles. The van der Waals surface area contributed by atoms with Gasteiger partial charge >= 0.3 is 5.97 Å². The van der Waals surface area contributed by atoms with Crippen LogP contribution in [0.15, 0.2) is 11.4 Å². The highest BCUT2D eigenvalue weighted by atomic mass is 32.1. The van der Waals surface area contributed by atoms with Gasteiger partial charge in [-0.15, -0.1) is 11.3 Å². The van der Waals surface area contributed by atoms with E-state index in [0.717, 1.165) is 0 Å². The standard InChI is InChI=1S/C8H4O3S/c9-5-6-3-4-12-7(6)1-2-8(10)11/h3-5H,(H,10,11). The molecule has 0 atom stereocenters. The second-order valence-corrected chi connectivity index (χ2v) is 2.79. The summed E-state index contributed by atoms with van der Waals surface area (Å²) < 4.78 is 0. The number of rotatable bonds is 1. The zero-order chi connectivity index (χ0) is 8.97. The van der Waals surface area contributed by atoms with Crippen molar-refractivity contribution >= 4 is 23.6 Å². The van der Waals surface area contributed by atoms with Crippen LogP contribution in [-0.2, 0) is 4.79 Å². The Morgan fingerprint density at radius 3 is 3.00 bits per heavy atom. The van der Waals surface area contributed by atoms with Crippen LogP contribution in [0.2, 0.25) is 0 Å². The van der Waals surface area contributed by atoms with Crippen molar-refractivity contribution in [1.82, 2.24) is 0 Å². The molecule has 4 heteroatoms. The number of carbonyl (C=O) groups is 2. The summed E-state index contributed by atoms with van der Waals surface area (Å²) >= 11 is 1.25. The molecule has 1 rings (SSSR count). The Morgan fingerprint density at radius 2 is 2.42 bits per heavy atom. The van der Waals surface area contributed by atoms with Crippen LogP contribution in [0.4, 0.5) is 0 Å². The van der Waals surface area contributed by atoms with E-state index in [0.29, 0.717) is 16.7 Å². The second kappa shape index (κ2) is 3.69. The molecule has 1 N–H and O–H groups in total.